The molecule has 0 aliphatic carbocycles. The zero-order valence-electron chi connectivity index (χ0n) is 9.30. The maximum absolute atomic E-state index is 13.5. The first-order valence-electron chi connectivity index (χ1n) is 5.00. The van der Waals surface area contributed by atoms with Crippen LogP contribution < -0.4 is 5.32 Å². The fraction of sp³-hybridized carbons (Fsp3) is 0.182. The Bertz CT molecular complexity index is 490. The number of hydrogen-bond acceptors (Lipinski definition) is 4. The second-order valence-corrected chi connectivity index (χ2v) is 3.48. The van der Waals surface area contributed by atoms with E-state index in [1.165, 1.54) is 6.08 Å². The van der Waals surface area contributed by atoms with Gasteiger partial charge >= 0.3 is 5.97 Å². The largest absolute Gasteiger partial charge is 0.480 e. The number of nitrogens with one attached hydrogen (secondary N) is 1. The van der Waals surface area contributed by atoms with Crippen molar-refractivity contribution in [3.05, 3.63) is 46.8 Å². The minimum atomic E-state index is -1.16. The number of benzene rings is 1. The first-order valence-corrected chi connectivity index (χ1v) is 5.00. The molecule has 1 atom stereocenters. The van der Waals surface area contributed by atoms with Gasteiger partial charge in [-0.25, -0.2) is 9.18 Å². The van der Waals surface area contributed by atoms with Gasteiger partial charge in [-0.2, -0.15) is 0 Å². The molecule has 1 unspecified atom stereocenters. The number of anilines is 1. The number of non-ortho nitro benzene ring substituents is 1. The zero-order chi connectivity index (χ0) is 13.7. The van der Waals surface area contributed by atoms with E-state index in [1.807, 2.05) is 0 Å². The average Bonchev–Trinajstić information content (AvgIpc) is 2.30. The predicted octanol–water partition coefficient (Wildman–Crippen LogP) is 2.18. The molecule has 0 radical (unpaired) electrons. The molecular formula is C11H11FN2O4. The Kier molecular flexibility index (Phi) is 4.36. The molecule has 0 amide bonds. The van der Waals surface area contributed by atoms with Gasteiger partial charge in [0.25, 0.3) is 5.69 Å². The normalized spacial score (nSPS) is 11.6. The fourth-order valence-corrected chi connectivity index (χ4v) is 1.31. The van der Waals surface area contributed by atoms with Crippen LogP contribution in [-0.4, -0.2) is 22.0 Å². The molecule has 0 aliphatic rings. The molecule has 0 fully saturated rings. The van der Waals surface area contributed by atoms with Gasteiger partial charge in [-0.05, 0) is 12.5 Å². The summed E-state index contributed by atoms with van der Waals surface area (Å²) in [6.07, 6.45) is 1.49. The fourth-order valence-electron chi connectivity index (χ4n) is 1.31. The van der Waals surface area contributed by atoms with Crippen molar-refractivity contribution in [2.24, 2.45) is 0 Å². The maximum atomic E-state index is 13.5. The van der Waals surface area contributed by atoms with Crippen LogP contribution >= 0.6 is 0 Å². The molecule has 0 bridgehead atoms. The third-order valence-electron chi connectivity index (χ3n) is 2.19. The Morgan fingerprint density at radius 3 is 2.78 bits per heavy atom. The Morgan fingerprint density at radius 2 is 2.33 bits per heavy atom. The van der Waals surface area contributed by atoms with Gasteiger partial charge < -0.3 is 10.4 Å². The molecule has 0 saturated carbocycles. The summed E-state index contributed by atoms with van der Waals surface area (Å²) < 4.78 is 13.5. The predicted molar refractivity (Wildman–Crippen MR) is 62.9 cm³/mol. The number of carbonyl (C=O) groups is 1. The van der Waals surface area contributed by atoms with Crippen molar-refractivity contribution in [3.8, 4) is 0 Å². The molecule has 0 aliphatic heterocycles. The van der Waals surface area contributed by atoms with E-state index in [1.54, 1.807) is 0 Å². The average molecular weight is 254 g/mol. The first-order chi connectivity index (χ1) is 8.45. The topological polar surface area (TPSA) is 92.5 Å². The van der Waals surface area contributed by atoms with Crippen LogP contribution in [0.2, 0.25) is 0 Å². The van der Waals surface area contributed by atoms with E-state index < -0.39 is 28.4 Å². The van der Waals surface area contributed by atoms with Crippen LogP contribution in [0.15, 0.2) is 30.9 Å². The molecule has 0 heterocycles. The molecule has 0 spiro atoms. The smallest absolute Gasteiger partial charge is 0.326 e. The van der Waals surface area contributed by atoms with Crippen molar-refractivity contribution in [2.75, 3.05) is 5.32 Å². The lowest BCUT2D eigenvalue weighted by Gasteiger charge is -2.14. The minimum absolute atomic E-state index is 0.102. The highest BCUT2D eigenvalue weighted by atomic mass is 19.1. The van der Waals surface area contributed by atoms with Crippen molar-refractivity contribution in [2.45, 2.75) is 12.5 Å². The Labute approximate surface area is 102 Å². The van der Waals surface area contributed by atoms with Gasteiger partial charge in [-0.3, -0.25) is 10.1 Å². The highest BCUT2D eigenvalue weighted by Gasteiger charge is 2.18. The second-order valence-electron chi connectivity index (χ2n) is 3.48. The second kappa shape index (κ2) is 5.76. The molecule has 0 aromatic heterocycles. The highest BCUT2D eigenvalue weighted by Crippen LogP contribution is 2.21. The van der Waals surface area contributed by atoms with Gasteiger partial charge in [-0.15, -0.1) is 6.58 Å². The van der Waals surface area contributed by atoms with Gasteiger partial charge in [0.15, 0.2) is 5.82 Å². The van der Waals surface area contributed by atoms with Crippen LogP contribution in [0.4, 0.5) is 15.8 Å². The van der Waals surface area contributed by atoms with Gasteiger partial charge in [0.05, 0.1) is 16.7 Å². The van der Waals surface area contributed by atoms with E-state index in [0.29, 0.717) is 0 Å². The highest BCUT2D eigenvalue weighted by molar-refractivity contribution is 5.77. The lowest BCUT2D eigenvalue weighted by molar-refractivity contribution is -0.385. The number of carboxylic acids is 1. The van der Waals surface area contributed by atoms with E-state index in [9.17, 15) is 19.3 Å². The minimum Gasteiger partial charge on any atom is -0.480 e. The summed E-state index contributed by atoms with van der Waals surface area (Å²) in [5, 5.41) is 21.7. The number of hydrogen-bond donors (Lipinski definition) is 2. The van der Waals surface area contributed by atoms with Crippen LogP contribution in [0.5, 0.6) is 0 Å². The Morgan fingerprint density at radius 1 is 1.67 bits per heavy atom. The summed E-state index contributed by atoms with van der Waals surface area (Å²) in [7, 11) is 0. The van der Waals surface area contributed by atoms with Crippen molar-refractivity contribution >= 4 is 17.3 Å². The van der Waals surface area contributed by atoms with E-state index in [0.717, 1.165) is 18.2 Å². The van der Waals surface area contributed by atoms with Crippen molar-refractivity contribution in [3.63, 3.8) is 0 Å². The molecule has 6 nitrogen and oxygen atoms in total. The lowest BCUT2D eigenvalue weighted by Crippen LogP contribution is -2.28. The first kappa shape index (κ1) is 13.6. The van der Waals surface area contributed by atoms with Gasteiger partial charge in [0.1, 0.15) is 6.04 Å². The number of nitro benzene ring substituents is 1. The van der Waals surface area contributed by atoms with E-state index in [2.05, 4.69) is 11.9 Å². The summed E-state index contributed by atoms with van der Waals surface area (Å²) in [4.78, 5) is 20.5. The molecule has 7 heteroatoms. The summed E-state index contributed by atoms with van der Waals surface area (Å²) in [5.41, 5.74) is -0.497. The molecule has 0 saturated heterocycles. The number of rotatable bonds is 6. The molecular weight excluding hydrogens is 243 g/mol. The number of nitro groups is 1. The van der Waals surface area contributed by atoms with E-state index in [-0.39, 0.29) is 12.1 Å². The maximum Gasteiger partial charge on any atom is 0.326 e. The van der Waals surface area contributed by atoms with Gasteiger partial charge in [0.2, 0.25) is 0 Å². The number of halogens is 1. The SMILES string of the molecule is C=CCC(Nc1ccc([N+](=O)[O-])cc1F)C(=O)O. The standard InChI is InChI=1S/C11H11FN2O4/c1-2-3-10(11(15)16)13-9-5-4-7(14(17)18)6-8(9)12/h2,4-6,10,13H,1,3H2,(H,15,16). The molecule has 1 rings (SSSR count). The van der Waals surface area contributed by atoms with Crippen LogP contribution in [0.25, 0.3) is 0 Å². The third kappa shape index (κ3) is 3.27. The molecule has 1 aromatic rings. The monoisotopic (exact) mass is 254 g/mol. The summed E-state index contributed by atoms with van der Waals surface area (Å²) in [5.74, 6) is -2.04. The van der Waals surface area contributed by atoms with Crippen LogP contribution in [-0.2, 0) is 4.79 Å². The van der Waals surface area contributed by atoms with Crippen molar-refractivity contribution in [1.29, 1.82) is 0 Å². The van der Waals surface area contributed by atoms with E-state index >= 15 is 0 Å². The zero-order valence-corrected chi connectivity index (χ0v) is 9.30. The molecule has 1 aromatic carbocycles. The van der Waals surface area contributed by atoms with Crippen LogP contribution in [0.1, 0.15) is 6.42 Å². The Hall–Kier alpha value is -2.44. The van der Waals surface area contributed by atoms with E-state index in [4.69, 9.17) is 5.11 Å². The van der Waals surface area contributed by atoms with Crippen LogP contribution in [0.3, 0.4) is 0 Å². The summed E-state index contributed by atoms with van der Waals surface area (Å²) in [6, 6.07) is 1.93. The van der Waals surface area contributed by atoms with Crippen molar-refractivity contribution in [1.82, 2.24) is 0 Å². The summed E-state index contributed by atoms with van der Waals surface area (Å²) >= 11 is 0. The van der Waals surface area contributed by atoms with Gasteiger partial charge in [-0.1, -0.05) is 6.08 Å². The Balaban J connectivity index is 2.93. The van der Waals surface area contributed by atoms with Crippen LogP contribution in [0, 0.1) is 15.9 Å². The number of carboxylic acid groups (broad SMARTS) is 1. The molecule has 2 N–H and O–H groups in total. The van der Waals surface area contributed by atoms with Crippen molar-refractivity contribution < 1.29 is 19.2 Å². The molecule has 18 heavy (non-hydrogen) atoms. The number of nitrogens with zero attached hydrogens (tertiary/aromatic N) is 1. The van der Waals surface area contributed by atoms with Gasteiger partial charge in [0, 0.05) is 6.07 Å². The molecule has 96 valence electrons. The third-order valence-corrected chi connectivity index (χ3v) is 2.19. The lowest BCUT2D eigenvalue weighted by atomic mass is 10.2. The number of aliphatic carboxylic acids is 1. The summed E-state index contributed by atoms with van der Waals surface area (Å²) in [6.45, 7) is 3.40. The quantitative estimate of drug-likeness (QED) is 0.461.